The molecular formula is C32H31FN6O4. The number of fused-ring (bicyclic) bond motifs is 3. The third-order valence-electron chi connectivity index (χ3n) is 8.71. The Bertz CT molecular complexity index is 1720. The molecule has 43 heavy (non-hydrogen) atoms. The molecule has 3 saturated heterocycles. The maximum Gasteiger partial charge on any atom is 0.335 e. The first kappa shape index (κ1) is 27.3. The molecule has 0 radical (unpaired) electrons. The number of nitrogens with zero attached hydrogens (tertiary/aromatic N) is 6. The molecule has 2 aromatic carbocycles. The topological polar surface area (TPSA) is 117 Å². The van der Waals surface area contributed by atoms with Crippen LogP contribution in [0.2, 0.25) is 0 Å². The van der Waals surface area contributed by atoms with Gasteiger partial charge in [0, 0.05) is 38.0 Å². The van der Waals surface area contributed by atoms with Crippen molar-refractivity contribution in [1.82, 2.24) is 19.4 Å². The van der Waals surface area contributed by atoms with Crippen molar-refractivity contribution in [3.05, 3.63) is 83.1 Å². The summed E-state index contributed by atoms with van der Waals surface area (Å²) < 4.78 is 27.9. The number of carboxylic acid groups (broad SMARTS) is 1. The van der Waals surface area contributed by atoms with E-state index in [0.717, 1.165) is 67.2 Å². The van der Waals surface area contributed by atoms with E-state index in [1.165, 1.54) is 18.2 Å². The van der Waals surface area contributed by atoms with E-state index in [0.29, 0.717) is 25.2 Å². The van der Waals surface area contributed by atoms with Crippen molar-refractivity contribution in [3.63, 3.8) is 0 Å². The molecule has 0 spiro atoms. The number of imidazole rings is 1. The second-order valence-corrected chi connectivity index (χ2v) is 11.5. The number of pyridine rings is 1. The third-order valence-corrected chi connectivity index (χ3v) is 8.71. The van der Waals surface area contributed by atoms with Crippen LogP contribution in [0.25, 0.3) is 11.0 Å². The lowest BCUT2D eigenvalue weighted by molar-refractivity contribution is -0.0592. The number of piperazine rings is 1. The molecule has 3 aliphatic heterocycles. The molecule has 0 aliphatic carbocycles. The van der Waals surface area contributed by atoms with Gasteiger partial charge in [0.15, 0.2) is 11.6 Å². The molecule has 0 amide bonds. The molecule has 7 rings (SSSR count). The highest BCUT2D eigenvalue weighted by molar-refractivity contribution is 5.92. The van der Waals surface area contributed by atoms with Gasteiger partial charge in [-0.1, -0.05) is 0 Å². The lowest BCUT2D eigenvalue weighted by atomic mass is 10.1. The van der Waals surface area contributed by atoms with Crippen molar-refractivity contribution in [3.8, 4) is 11.8 Å². The molecule has 2 bridgehead atoms. The lowest BCUT2D eigenvalue weighted by Crippen LogP contribution is -2.54. The quantitative estimate of drug-likeness (QED) is 0.307. The number of likely N-dealkylation sites (tertiary alicyclic amines) is 1. The van der Waals surface area contributed by atoms with E-state index < -0.39 is 11.8 Å². The second kappa shape index (κ2) is 11.3. The summed E-state index contributed by atoms with van der Waals surface area (Å²) in [5.74, 6) is 0.422. The summed E-state index contributed by atoms with van der Waals surface area (Å²) >= 11 is 0. The average Bonchev–Trinajstić information content (AvgIpc) is 3.46. The van der Waals surface area contributed by atoms with E-state index in [-0.39, 0.29) is 29.6 Å². The van der Waals surface area contributed by atoms with Crippen LogP contribution in [0.1, 0.15) is 46.6 Å². The predicted molar refractivity (Wildman–Crippen MR) is 155 cm³/mol. The van der Waals surface area contributed by atoms with Crippen LogP contribution in [-0.2, 0) is 24.4 Å². The van der Waals surface area contributed by atoms with Crippen LogP contribution in [-0.4, -0.2) is 68.4 Å². The number of hydrogen-bond acceptors (Lipinski definition) is 8. The molecule has 0 saturated carbocycles. The summed E-state index contributed by atoms with van der Waals surface area (Å²) in [5, 5.41) is 18.5. The zero-order valence-electron chi connectivity index (χ0n) is 23.5. The van der Waals surface area contributed by atoms with Crippen molar-refractivity contribution in [1.29, 1.82) is 5.26 Å². The van der Waals surface area contributed by atoms with Gasteiger partial charge in [0.1, 0.15) is 18.2 Å². The molecule has 5 heterocycles. The van der Waals surface area contributed by atoms with Gasteiger partial charge in [0.2, 0.25) is 0 Å². The Hall–Kier alpha value is -4.53. The number of halogens is 1. The zero-order valence-corrected chi connectivity index (χ0v) is 23.5. The van der Waals surface area contributed by atoms with Gasteiger partial charge in [-0.2, -0.15) is 5.26 Å². The number of ether oxygens (including phenoxy) is 2. The number of carboxylic acids is 1. The number of rotatable bonds is 9. The number of aromatic nitrogens is 3. The Kier molecular flexibility index (Phi) is 7.16. The number of anilines is 1. The highest BCUT2D eigenvalue weighted by atomic mass is 19.1. The van der Waals surface area contributed by atoms with Crippen LogP contribution >= 0.6 is 0 Å². The van der Waals surface area contributed by atoms with Crippen LogP contribution < -0.4 is 9.64 Å². The second-order valence-electron chi connectivity index (χ2n) is 11.5. The Balaban J connectivity index is 1.06. The van der Waals surface area contributed by atoms with Gasteiger partial charge >= 0.3 is 5.97 Å². The highest BCUT2D eigenvalue weighted by Gasteiger charge is 2.41. The standard InChI is InChI=1S/C32H31FN6O4/c33-26-11-20(14-34)1-6-29(26)43-19-21-7-9-35-30(12-21)39-23-3-4-24(39)16-37(15-23)18-31-36-27-5-2-22(32(40)41)13-28(27)38(31)17-25-8-10-42-25/h1-2,5-7,9,11-13,23-25H,3-4,8,10,15-19H2,(H,40,41)/t23?,24?,25-/m0/s1. The minimum Gasteiger partial charge on any atom is -0.486 e. The summed E-state index contributed by atoms with van der Waals surface area (Å²) in [6.45, 7) is 4.00. The van der Waals surface area contributed by atoms with E-state index in [1.807, 2.05) is 18.2 Å². The fourth-order valence-electron chi connectivity index (χ4n) is 6.50. The summed E-state index contributed by atoms with van der Waals surface area (Å²) in [5.41, 5.74) is 3.02. The van der Waals surface area contributed by atoms with Gasteiger partial charge in [0.05, 0.1) is 47.4 Å². The Morgan fingerprint density at radius 3 is 2.63 bits per heavy atom. The number of carbonyl (C=O) groups is 1. The Morgan fingerprint density at radius 1 is 1.12 bits per heavy atom. The maximum atomic E-state index is 14.3. The first-order valence-electron chi connectivity index (χ1n) is 14.6. The normalized spacial score (nSPS) is 21.5. The van der Waals surface area contributed by atoms with Gasteiger partial charge < -0.3 is 24.0 Å². The lowest BCUT2D eigenvalue weighted by Gasteiger charge is -2.42. The Labute approximate surface area is 247 Å². The van der Waals surface area contributed by atoms with Gasteiger partial charge in [-0.3, -0.25) is 4.90 Å². The molecule has 3 fully saturated rings. The Morgan fingerprint density at radius 2 is 1.93 bits per heavy atom. The highest BCUT2D eigenvalue weighted by Crippen LogP contribution is 2.35. The van der Waals surface area contributed by atoms with E-state index in [1.54, 1.807) is 24.4 Å². The summed E-state index contributed by atoms with van der Waals surface area (Å²) in [4.78, 5) is 26.1. The minimum atomic E-state index is -0.950. The summed E-state index contributed by atoms with van der Waals surface area (Å²) in [6.07, 6.45) is 5.00. The van der Waals surface area contributed by atoms with Gasteiger partial charge in [0.25, 0.3) is 0 Å². The molecular weight excluding hydrogens is 551 g/mol. The third kappa shape index (κ3) is 5.40. The van der Waals surface area contributed by atoms with Crippen LogP contribution in [0.5, 0.6) is 5.75 Å². The summed E-state index contributed by atoms with van der Waals surface area (Å²) in [6, 6.07) is 15.7. The molecule has 1 N–H and O–H groups in total. The SMILES string of the molecule is N#Cc1ccc(OCc2ccnc(N3C4CCC3CN(Cc3nc5ccc(C(=O)O)cc5n3C[C@@H]3CCO3)C4)c2)c(F)c1. The molecule has 2 aromatic heterocycles. The van der Waals surface area contributed by atoms with Crippen molar-refractivity contribution < 1.29 is 23.8 Å². The fraction of sp³-hybridized carbons (Fsp3) is 0.375. The monoisotopic (exact) mass is 582 g/mol. The number of hydrogen-bond donors (Lipinski definition) is 1. The number of benzene rings is 2. The molecule has 220 valence electrons. The van der Waals surface area contributed by atoms with E-state index in [9.17, 15) is 14.3 Å². The molecule has 3 aliphatic rings. The van der Waals surface area contributed by atoms with E-state index in [4.69, 9.17) is 19.7 Å². The van der Waals surface area contributed by atoms with E-state index in [2.05, 4.69) is 19.4 Å². The van der Waals surface area contributed by atoms with Gasteiger partial charge in [-0.25, -0.2) is 19.2 Å². The van der Waals surface area contributed by atoms with Gasteiger partial charge in [-0.15, -0.1) is 0 Å². The fourth-order valence-corrected chi connectivity index (χ4v) is 6.50. The molecule has 10 nitrogen and oxygen atoms in total. The molecule has 3 atom stereocenters. The maximum absolute atomic E-state index is 14.3. The first-order valence-corrected chi connectivity index (χ1v) is 14.6. The van der Waals surface area contributed by atoms with Crippen LogP contribution in [0.3, 0.4) is 0 Å². The first-order chi connectivity index (χ1) is 20.9. The van der Waals surface area contributed by atoms with Crippen LogP contribution in [0, 0.1) is 17.1 Å². The predicted octanol–water partition coefficient (Wildman–Crippen LogP) is 4.36. The molecule has 11 heteroatoms. The summed E-state index contributed by atoms with van der Waals surface area (Å²) in [7, 11) is 0. The average molecular weight is 583 g/mol. The number of nitriles is 1. The van der Waals surface area contributed by atoms with Crippen molar-refractivity contribution >= 4 is 22.8 Å². The van der Waals surface area contributed by atoms with E-state index >= 15 is 0 Å². The zero-order chi connectivity index (χ0) is 29.5. The van der Waals surface area contributed by atoms with Crippen molar-refractivity contribution in [2.24, 2.45) is 0 Å². The molecule has 2 unspecified atom stereocenters. The largest absolute Gasteiger partial charge is 0.486 e. The number of aromatic carboxylic acids is 1. The van der Waals surface area contributed by atoms with Crippen molar-refractivity contribution in [2.75, 3.05) is 24.6 Å². The van der Waals surface area contributed by atoms with Gasteiger partial charge in [-0.05, 0) is 73.4 Å². The van der Waals surface area contributed by atoms with Crippen LogP contribution in [0.4, 0.5) is 10.2 Å². The van der Waals surface area contributed by atoms with Crippen molar-refractivity contribution in [2.45, 2.75) is 57.1 Å². The molecule has 4 aromatic rings. The minimum absolute atomic E-state index is 0.111. The van der Waals surface area contributed by atoms with Crippen LogP contribution in [0.15, 0.2) is 54.7 Å². The smallest absolute Gasteiger partial charge is 0.335 e.